The van der Waals surface area contributed by atoms with Crippen molar-refractivity contribution in [3.63, 3.8) is 0 Å². The van der Waals surface area contributed by atoms with Crippen molar-refractivity contribution in [2.45, 2.75) is 39.2 Å². The van der Waals surface area contributed by atoms with Gasteiger partial charge in [0.05, 0.1) is 6.20 Å². The van der Waals surface area contributed by atoms with Gasteiger partial charge in [0.25, 0.3) is 5.89 Å². The molecule has 1 amide bonds. The monoisotopic (exact) mass is 280 g/mol. The van der Waals surface area contributed by atoms with E-state index in [1.54, 1.807) is 4.90 Å². The molecule has 2 heterocycles. The number of ether oxygens (including phenoxy) is 1. The van der Waals surface area contributed by atoms with E-state index in [-0.39, 0.29) is 23.7 Å². The van der Waals surface area contributed by atoms with E-state index in [0.29, 0.717) is 25.9 Å². The molecule has 0 aromatic carbocycles. The Morgan fingerprint density at radius 2 is 2.00 bits per heavy atom. The minimum Gasteiger partial charge on any atom is -0.444 e. The molecular formula is C14H20N2O4. The molecule has 1 saturated heterocycles. The third-order valence-corrected chi connectivity index (χ3v) is 3.16. The molecule has 0 aliphatic carbocycles. The maximum absolute atomic E-state index is 12.1. The lowest BCUT2D eigenvalue weighted by Crippen LogP contribution is -2.43. The molecule has 0 N–H and O–H groups in total. The van der Waals surface area contributed by atoms with Gasteiger partial charge in [-0.2, -0.15) is 0 Å². The highest BCUT2D eigenvalue weighted by Gasteiger charge is 2.31. The molecule has 0 spiro atoms. The zero-order chi connectivity index (χ0) is 14.8. The summed E-state index contributed by atoms with van der Waals surface area (Å²) in [5.41, 5.74) is -0.498. The van der Waals surface area contributed by atoms with Crippen LogP contribution < -0.4 is 0 Å². The van der Waals surface area contributed by atoms with Crippen molar-refractivity contribution in [2.24, 2.45) is 5.92 Å². The zero-order valence-corrected chi connectivity index (χ0v) is 12.1. The second-order valence-electron chi connectivity index (χ2n) is 5.94. The summed E-state index contributed by atoms with van der Waals surface area (Å²) >= 11 is 0. The Kier molecular flexibility index (Phi) is 4.11. The van der Waals surface area contributed by atoms with Crippen LogP contribution in [-0.2, 0) is 4.74 Å². The van der Waals surface area contributed by atoms with Crippen molar-refractivity contribution >= 4 is 11.9 Å². The summed E-state index contributed by atoms with van der Waals surface area (Å²) in [6.07, 6.45) is 3.76. The highest BCUT2D eigenvalue weighted by Crippen LogP contribution is 2.22. The molecule has 110 valence electrons. The predicted octanol–water partition coefficient (Wildman–Crippen LogP) is 2.50. The van der Waals surface area contributed by atoms with Crippen LogP contribution in [0.1, 0.15) is 44.3 Å². The summed E-state index contributed by atoms with van der Waals surface area (Å²) in [4.78, 5) is 29.5. The topological polar surface area (TPSA) is 72.6 Å². The number of likely N-dealkylation sites (tertiary alicyclic amines) is 1. The summed E-state index contributed by atoms with van der Waals surface area (Å²) in [6.45, 7) is 6.55. The number of amides is 1. The van der Waals surface area contributed by atoms with Gasteiger partial charge < -0.3 is 14.1 Å². The first-order valence-corrected chi connectivity index (χ1v) is 6.78. The molecule has 2 rings (SSSR count). The van der Waals surface area contributed by atoms with E-state index in [4.69, 9.17) is 9.15 Å². The molecule has 0 saturated carbocycles. The second-order valence-corrected chi connectivity index (χ2v) is 5.94. The molecular weight excluding hydrogens is 260 g/mol. The Balaban J connectivity index is 1.86. The molecule has 6 nitrogen and oxygen atoms in total. The van der Waals surface area contributed by atoms with E-state index in [0.717, 1.165) is 0 Å². The molecule has 0 bridgehead atoms. The predicted molar refractivity (Wildman–Crippen MR) is 71.4 cm³/mol. The molecule has 1 aliphatic rings. The standard InChI is InChI=1S/C14H20N2O4/c1-14(2,3)20-13(18)16-7-4-10(5-8-16)11(17)12-15-6-9-19-12/h6,9-10H,4-5,7-8H2,1-3H3. The van der Waals surface area contributed by atoms with Crippen molar-refractivity contribution < 1.29 is 18.7 Å². The summed E-state index contributed by atoms with van der Waals surface area (Å²) in [6, 6.07) is 0. The summed E-state index contributed by atoms with van der Waals surface area (Å²) < 4.78 is 10.3. The Morgan fingerprint density at radius 3 is 2.50 bits per heavy atom. The third kappa shape index (κ3) is 3.59. The average molecular weight is 280 g/mol. The zero-order valence-electron chi connectivity index (χ0n) is 12.1. The smallest absolute Gasteiger partial charge is 0.410 e. The van der Waals surface area contributed by atoms with Crippen LogP contribution in [0.15, 0.2) is 16.9 Å². The minimum atomic E-state index is -0.498. The van der Waals surface area contributed by atoms with Crippen molar-refractivity contribution in [1.29, 1.82) is 0 Å². The van der Waals surface area contributed by atoms with Gasteiger partial charge in [0.15, 0.2) is 0 Å². The number of hydrogen-bond donors (Lipinski definition) is 0. The molecule has 0 radical (unpaired) electrons. The number of piperidine rings is 1. The first kappa shape index (κ1) is 14.6. The molecule has 1 aromatic rings. The molecule has 1 aromatic heterocycles. The number of Topliss-reactive ketones (excluding diaryl/α,β-unsaturated/α-hetero) is 1. The molecule has 0 atom stereocenters. The van der Waals surface area contributed by atoms with Crippen LogP contribution in [0, 0.1) is 5.92 Å². The van der Waals surface area contributed by atoms with Gasteiger partial charge in [-0.15, -0.1) is 0 Å². The molecule has 1 fully saturated rings. The first-order chi connectivity index (χ1) is 9.37. The minimum absolute atomic E-state index is 0.0844. The van der Waals surface area contributed by atoms with Crippen LogP contribution in [0.2, 0.25) is 0 Å². The lowest BCUT2D eigenvalue weighted by atomic mass is 9.92. The first-order valence-electron chi connectivity index (χ1n) is 6.78. The fraction of sp³-hybridized carbons (Fsp3) is 0.643. The van der Waals surface area contributed by atoms with Crippen molar-refractivity contribution in [3.05, 3.63) is 18.4 Å². The quantitative estimate of drug-likeness (QED) is 0.778. The van der Waals surface area contributed by atoms with Gasteiger partial charge in [0.1, 0.15) is 11.9 Å². The van der Waals surface area contributed by atoms with Crippen LogP contribution in [-0.4, -0.2) is 40.5 Å². The van der Waals surface area contributed by atoms with E-state index >= 15 is 0 Å². The molecule has 0 unspecified atom stereocenters. The maximum Gasteiger partial charge on any atom is 0.410 e. The van der Waals surface area contributed by atoms with Gasteiger partial charge in [-0.1, -0.05) is 0 Å². The highest BCUT2D eigenvalue weighted by molar-refractivity contribution is 5.93. The van der Waals surface area contributed by atoms with Crippen LogP contribution in [0.4, 0.5) is 4.79 Å². The van der Waals surface area contributed by atoms with Gasteiger partial charge in [0, 0.05) is 19.0 Å². The van der Waals surface area contributed by atoms with E-state index in [9.17, 15) is 9.59 Å². The summed E-state index contributed by atoms with van der Waals surface area (Å²) in [5, 5.41) is 0. The van der Waals surface area contributed by atoms with E-state index in [1.165, 1.54) is 12.5 Å². The summed E-state index contributed by atoms with van der Waals surface area (Å²) in [5.74, 6) is -0.0631. The number of carbonyl (C=O) groups is 2. The van der Waals surface area contributed by atoms with E-state index in [2.05, 4.69) is 4.98 Å². The fourth-order valence-electron chi connectivity index (χ4n) is 2.17. The second kappa shape index (κ2) is 5.64. The van der Waals surface area contributed by atoms with Crippen molar-refractivity contribution in [3.8, 4) is 0 Å². The Bertz CT molecular complexity index is 468. The van der Waals surface area contributed by atoms with Gasteiger partial charge in [-0.25, -0.2) is 9.78 Å². The summed E-state index contributed by atoms with van der Waals surface area (Å²) in [7, 11) is 0. The molecule has 6 heteroatoms. The van der Waals surface area contributed by atoms with Gasteiger partial charge in [-0.05, 0) is 33.6 Å². The van der Waals surface area contributed by atoms with E-state index < -0.39 is 5.60 Å². The SMILES string of the molecule is CC(C)(C)OC(=O)N1CCC(C(=O)c2ncco2)CC1. The lowest BCUT2D eigenvalue weighted by molar-refractivity contribution is 0.0180. The van der Waals surface area contributed by atoms with Gasteiger partial charge in [0.2, 0.25) is 5.78 Å². The number of aromatic nitrogens is 1. The number of hydrogen-bond acceptors (Lipinski definition) is 5. The van der Waals surface area contributed by atoms with Gasteiger partial charge >= 0.3 is 6.09 Å². The Hall–Kier alpha value is -1.85. The number of ketones is 1. The fourth-order valence-corrected chi connectivity index (χ4v) is 2.17. The Labute approximate surface area is 118 Å². The van der Waals surface area contributed by atoms with Gasteiger partial charge in [-0.3, -0.25) is 4.79 Å². The lowest BCUT2D eigenvalue weighted by Gasteiger charge is -2.32. The van der Waals surface area contributed by atoms with Crippen LogP contribution in [0.3, 0.4) is 0 Å². The van der Waals surface area contributed by atoms with Crippen LogP contribution in [0.25, 0.3) is 0 Å². The van der Waals surface area contributed by atoms with E-state index in [1.807, 2.05) is 20.8 Å². The third-order valence-electron chi connectivity index (χ3n) is 3.16. The Morgan fingerprint density at radius 1 is 1.35 bits per heavy atom. The average Bonchev–Trinajstić information content (AvgIpc) is 2.90. The number of nitrogens with zero attached hydrogens (tertiary/aromatic N) is 2. The van der Waals surface area contributed by atoms with Crippen LogP contribution >= 0.6 is 0 Å². The van der Waals surface area contributed by atoms with Crippen LogP contribution in [0.5, 0.6) is 0 Å². The van der Waals surface area contributed by atoms with Crippen molar-refractivity contribution in [1.82, 2.24) is 9.88 Å². The normalized spacial score (nSPS) is 17.1. The molecule has 1 aliphatic heterocycles. The van der Waals surface area contributed by atoms with Crippen molar-refractivity contribution in [2.75, 3.05) is 13.1 Å². The number of oxazole rings is 1. The number of rotatable bonds is 2. The largest absolute Gasteiger partial charge is 0.444 e. The maximum atomic E-state index is 12.1. The number of carbonyl (C=O) groups excluding carboxylic acids is 2. The highest BCUT2D eigenvalue weighted by atomic mass is 16.6. The molecule has 20 heavy (non-hydrogen) atoms.